The average Bonchev–Trinajstić information content (AvgIpc) is 3.23. The molecule has 1 aromatic heterocycles. The van der Waals surface area contributed by atoms with Gasteiger partial charge in [-0.1, -0.05) is 40.9 Å². The molecule has 0 radical (unpaired) electrons. The Hall–Kier alpha value is -0.490. The van der Waals surface area contributed by atoms with E-state index in [2.05, 4.69) is 50.4 Å². The van der Waals surface area contributed by atoms with Gasteiger partial charge in [-0.25, -0.2) is 52.1 Å². The predicted molar refractivity (Wildman–Crippen MR) is 239 cm³/mol. The fourth-order valence-corrected chi connectivity index (χ4v) is 8.39. The Morgan fingerprint density at radius 1 is 0.467 bits per heavy atom. The van der Waals surface area contributed by atoms with Crippen molar-refractivity contribution in [1.29, 1.82) is 0 Å². The maximum atomic E-state index is 11.7. The van der Waals surface area contributed by atoms with Crippen LogP contribution < -0.4 is 174 Å². The minimum atomic E-state index is -5.02. The summed E-state index contributed by atoms with van der Waals surface area (Å²) in [6.07, 6.45) is -0.615. The molecule has 5 aromatic rings. The van der Waals surface area contributed by atoms with Crippen LogP contribution in [0.3, 0.4) is 0 Å². The Bertz CT molecular complexity index is 3690. The number of nitrogens with one attached hydrogen (secondary N) is 3. The van der Waals surface area contributed by atoms with Crippen molar-refractivity contribution in [2.45, 2.75) is 22.6 Å². The molecule has 3 N–H and O–H groups in total. The first-order valence-corrected chi connectivity index (χ1v) is 27.6. The Labute approximate surface area is 553 Å². The Morgan fingerprint density at radius 2 is 0.907 bits per heavy atom. The fraction of sp³-hybridized carbons (Fsp3) is 0.229. The maximum absolute atomic E-state index is 11.7. The van der Waals surface area contributed by atoms with Crippen molar-refractivity contribution in [2.75, 3.05) is 37.0 Å². The van der Waals surface area contributed by atoms with E-state index in [0.29, 0.717) is 0 Å². The van der Waals surface area contributed by atoms with E-state index in [1.807, 2.05) is 0 Å². The van der Waals surface area contributed by atoms with Gasteiger partial charge in [0.1, 0.15) is 54.5 Å². The topological polar surface area (TPSA) is 438 Å². The number of nitrogens with zero attached hydrogens (tertiary/aromatic N) is 7. The molecule has 75 heavy (non-hydrogen) atoms. The second-order valence-corrected chi connectivity index (χ2v) is 22.2. The van der Waals surface area contributed by atoms with Gasteiger partial charge in [0.2, 0.25) is 16.9 Å². The van der Waals surface area contributed by atoms with Gasteiger partial charge < -0.3 is 32.2 Å². The van der Waals surface area contributed by atoms with Crippen molar-refractivity contribution in [3.8, 4) is 11.5 Å². The van der Waals surface area contributed by atoms with E-state index in [0.717, 1.165) is 36.4 Å². The minimum Gasteiger partial charge on any atom is -0.748 e. The molecule has 4 aromatic carbocycles. The minimum absolute atomic E-state index is 0. The standard InChI is InChI=1S/C35H35Cl3N10O17S5.5Na/c36-23-7-6-21(15-32(23)70(61,62)63)46-48-27-19-31(65-10-3-12-67(52,53)54)29(17-25(27)38)41-35-43-33(39-8-13-68(55,56)57)42-34(44-35)40-28-16-24(37)26(18-30(28)64-9-2-11-66(49,50)51)47-45-20-4-1-5-22(14-20)69(58,59)60;;;;;/h1,4-7,14-19H,2-3,8-13H2,(H,49,50,51)(H,52,53,54)(H,55,56,57)(H,58,59,60)(H,61,62,63)(H3,39,40,41,42,43,44);;;;;/q;5*+1/p-5. The van der Waals surface area contributed by atoms with Crippen LogP contribution in [0.5, 0.6) is 11.5 Å². The summed E-state index contributed by atoms with van der Waals surface area (Å²) in [6, 6.07) is 12.4. The van der Waals surface area contributed by atoms with Gasteiger partial charge in [0, 0.05) is 23.6 Å². The predicted octanol–water partition coefficient (Wildman–Crippen LogP) is -11.2. The summed E-state index contributed by atoms with van der Waals surface area (Å²) in [4.78, 5) is 19.6. The van der Waals surface area contributed by atoms with Gasteiger partial charge in [0.25, 0.3) is 0 Å². The van der Waals surface area contributed by atoms with Crippen LogP contribution in [0.4, 0.5) is 34.1 Å². The quantitative estimate of drug-likeness (QED) is 0.0266. The molecule has 0 bridgehead atoms. The summed E-state index contributed by atoms with van der Waals surface area (Å²) in [5, 5.41) is 15.0. The number of azo groups is 2. The van der Waals surface area contributed by atoms with Gasteiger partial charge >= 0.3 is 148 Å². The number of aromatic amines is 3. The summed E-state index contributed by atoms with van der Waals surface area (Å²) in [5.74, 6) is -2.99. The molecule has 0 aliphatic heterocycles. The van der Waals surface area contributed by atoms with Crippen LogP contribution in [0.25, 0.3) is 0 Å². The Morgan fingerprint density at radius 3 is 1.33 bits per heavy atom. The third kappa shape index (κ3) is 26.3. The van der Waals surface area contributed by atoms with E-state index in [1.165, 1.54) is 30.3 Å². The summed E-state index contributed by atoms with van der Waals surface area (Å²) in [7, 11) is -24.0. The van der Waals surface area contributed by atoms with Crippen LogP contribution in [0.15, 0.2) is 112 Å². The van der Waals surface area contributed by atoms with Crippen LogP contribution in [-0.4, -0.2) is 117 Å². The van der Waals surface area contributed by atoms with Crippen molar-refractivity contribution in [1.82, 2.24) is 15.0 Å². The number of aromatic nitrogens is 3. The van der Waals surface area contributed by atoms with E-state index >= 15 is 0 Å². The normalized spacial score (nSPS) is 12.8. The third-order valence-electron chi connectivity index (χ3n) is 8.27. The van der Waals surface area contributed by atoms with E-state index < -0.39 is 97.4 Å². The van der Waals surface area contributed by atoms with Crippen molar-refractivity contribution < 1.29 is 222 Å². The van der Waals surface area contributed by atoms with Crippen molar-refractivity contribution in [3.05, 3.63) is 98.7 Å². The first-order chi connectivity index (χ1) is 32.5. The van der Waals surface area contributed by atoms with Crippen LogP contribution in [-0.2, 0) is 50.6 Å². The number of hydrogen-bond donors (Lipinski definition) is 3. The zero-order valence-corrected chi connectivity index (χ0v) is 56.1. The van der Waals surface area contributed by atoms with Crippen LogP contribution in [0.2, 0.25) is 15.1 Å². The SMILES string of the molecule is O=S(=O)([O-])CCCOc1cc(N=Nc2cccc(S(=O)(=O)[O-])c2)c(Cl)cc1N=c1[nH]c(=NCCS(=O)(=O)[O-])[nH]c(=Nc2cc(Cl)c(N=Nc3ccc(Cl)c(S(=O)(=O)[O-])c3)cc2OCCCS(=O)(=O)[O-])[nH]1.[Na+].[Na+].[Na+].[Na+].[Na+]. The molecule has 0 amide bonds. The number of benzene rings is 4. The molecule has 0 aliphatic rings. The second kappa shape index (κ2) is 32.8. The number of rotatable bonds is 21. The number of hydrogen-bond acceptors (Lipinski definition) is 24. The molecule has 0 fully saturated rings. The summed E-state index contributed by atoms with van der Waals surface area (Å²) in [6.45, 7) is -1.40. The zero-order valence-electron chi connectivity index (χ0n) is 39.8. The molecule has 0 saturated heterocycles. The number of ether oxygens (including phenoxy) is 2. The molecule has 0 spiro atoms. The number of halogens is 3. The monoisotopic (exact) mass is 1240 g/mol. The Balaban J connectivity index is 0.0000110. The van der Waals surface area contributed by atoms with Crippen molar-refractivity contribution in [3.63, 3.8) is 0 Å². The van der Waals surface area contributed by atoms with Crippen molar-refractivity contribution >= 4 is 120 Å². The molecule has 1 heterocycles. The van der Waals surface area contributed by atoms with Gasteiger partial charge in [0.15, 0.2) is 0 Å². The molecule has 0 unspecified atom stereocenters. The van der Waals surface area contributed by atoms with Gasteiger partial charge in [-0.2, -0.15) is 10.2 Å². The molecule has 0 atom stereocenters. The third-order valence-corrected chi connectivity index (χ3v) is 13.3. The van der Waals surface area contributed by atoms with E-state index in [1.54, 1.807) is 0 Å². The smallest absolute Gasteiger partial charge is 0.748 e. The fourth-order valence-electron chi connectivity index (χ4n) is 5.26. The first-order valence-electron chi connectivity index (χ1n) is 18.9. The molecular weight excluding hydrogens is 1210 g/mol. The van der Waals surface area contributed by atoms with Gasteiger partial charge in [-0.15, -0.1) is 10.2 Å². The second-order valence-electron chi connectivity index (χ2n) is 13.7. The molecule has 0 saturated carbocycles. The first kappa shape index (κ1) is 74.5. The largest absolute Gasteiger partial charge is 1.00 e. The summed E-state index contributed by atoms with van der Waals surface area (Å²) in [5.41, 5.74) is -1.71. The van der Waals surface area contributed by atoms with Gasteiger partial charge in [-0.05, 0) is 61.4 Å². The molecule has 0 aliphatic carbocycles. The zero-order chi connectivity index (χ0) is 51.7. The maximum Gasteiger partial charge on any atom is 1.00 e. The van der Waals surface area contributed by atoms with Crippen LogP contribution in [0, 0.1) is 0 Å². The van der Waals surface area contributed by atoms with E-state index in [-0.39, 0.29) is 238 Å². The van der Waals surface area contributed by atoms with E-state index in [4.69, 9.17) is 44.3 Å². The molecule has 5 rings (SSSR count). The van der Waals surface area contributed by atoms with Gasteiger partial charge in [-0.3, -0.25) is 19.9 Å². The average molecular weight is 1240 g/mol. The summed E-state index contributed by atoms with van der Waals surface area (Å²) < 4.78 is 183. The van der Waals surface area contributed by atoms with Gasteiger partial charge in [0.05, 0.1) is 92.1 Å². The van der Waals surface area contributed by atoms with Crippen LogP contribution in [0.1, 0.15) is 12.8 Å². The van der Waals surface area contributed by atoms with Crippen molar-refractivity contribution in [2.24, 2.45) is 35.4 Å². The van der Waals surface area contributed by atoms with E-state index in [9.17, 15) is 64.9 Å². The number of H-pyrrole nitrogens is 3. The van der Waals surface area contributed by atoms with Crippen LogP contribution >= 0.6 is 34.8 Å². The summed E-state index contributed by atoms with van der Waals surface area (Å²) >= 11 is 18.9. The molecule has 27 nitrogen and oxygen atoms in total. The molecule has 40 heteroatoms. The molecular formula is C35H30Cl3N10Na5O17S5. The molecule has 378 valence electrons. The Kier molecular flexibility index (Phi) is 32.6.